The van der Waals surface area contributed by atoms with E-state index in [2.05, 4.69) is 10.2 Å². The van der Waals surface area contributed by atoms with E-state index in [0.717, 1.165) is 29.4 Å². The van der Waals surface area contributed by atoms with Crippen LogP contribution in [-0.4, -0.2) is 46.8 Å². The summed E-state index contributed by atoms with van der Waals surface area (Å²) in [6.45, 7) is 3.65. The molecule has 0 radical (unpaired) electrons. The summed E-state index contributed by atoms with van der Waals surface area (Å²) in [5, 5.41) is 10.3. The topological polar surface area (TPSA) is 64.6 Å². The van der Waals surface area contributed by atoms with Gasteiger partial charge in [0.15, 0.2) is 11.5 Å². The van der Waals surface area contributed by atoms with Gasteiger partial charge in [-0.1, -0.05) is 12.1 Å². The number of carbonyl (C=O) groups excluding carboxylic acids is 1. The third-order valence-electron chi connectivity index (χ3n) is 4.41. The zero-order chi connectivity index (χ0) is 16.5. The van der Waals surface area contributed by atoms with Gasteiger partial charge in [-0.15, -0.1) is 21.5 Å². The van der Waals surface area contributed by atoms with Crippen LogP contribution < -0.4 is 9.47 Å². The Labute approximate surface area is 144 Å². The first-order valence-corrected chi connectivity index (χ1v) is 8.99. The lowest BCUT2D eigenvalue weighted by atomic mass is 9.98. The summed E-state index contributed by atoms with van der Waals surface area (Å²) in [6, 6.07) is 7.45. The zero-order valence-corrected chi connectivity index (χ0v) is 14.3. The molecule has 2 atom stereocenters. The van der Waals surface area contributed by atoms with Gasteiger partial charge >= 0.3 is 0 Å². The van der Waals surface area contributed by atoms with Crippen molar-refractivity contribution in [2.45, 2.75) is 31.8 Å². The van der Waals surface area contributed by atoms with Crippen molar-refractivity contribution >= 4 is 17.2 Å². The van der Waals surface area contributed by atoms with Crippen LogP contribution in [0.5, 0.6) is 11.5 Å². The quantitative estimate of drug-likeness (QED) is 0.836. The fraction of sp³-hybridized carbons (Fsp3) is 0.471. The molecule has 2 unspecified atom stereocenters. The third kappa shape index (κ3) is 2.96. The van der Waals surface area contributed by atoms with E-state index in [4.69, 9.17) is 9.47 Å². The summed E-state index contributed by atoms with van der Waals surface area (Å²) in [7, 11) is 0. The van der Waals surface area contributed by atoms with Crippen molar-refractivity contribution in [2.75, 3.05) is 19.7 Å². The summed E-state index contributed by atoms with van der Waals surface area (Å²) >= 11 is 1.62. The first kappa shape index (κ1) is 15.4. The van der Waals surface area contributed by atoms with Crippen molar-refractivity contribution in [1.29, 1.82) is 0 Å². The van der Waals surface area contributed by atoms with Gasteiger partial charge in [0, 0.05) is 19.0 Å². The van der Waals surface area contributed by atoms with Crippen molar-refractivity contribution in [2.24, 2.45) is 0 Å². The second-order valence-electron chi connectivity index (χ2n) is 6.15. The number of carbonyl (C=O) groups is 1. The fourth-order valence-corrected chi connectivity index (χ4v) is 4.03. The lowest BCUT2D eigenvalue weighted by molar-refractivity contribution is -0.142. The highest BCUT2D eigenvalue weighted by molar-refractivity contribution is 7.11. The fourth-order valence-electron chi connectivity index (χ4n) is 3.20. The summed E-state index contributed by atoms with van der Waals surface area (Å²) in [4.78, 5) is 14.7. The lowest BCUT2D eigenvalue weighted by Crippen LogP contribution is -2.49. The van der Waals surface area contributed by atoms with Crippen LogP contribution in [0.3, 0.4) is 0 Å². The Morgan fingerprint density at radius 2 is 2.12 bits per heavy atom. The van der Waals surface area contributed by atoms with Crippen LogP contribution in [0, 0.1) is 6.92 Å². The molecule has 0 saturated carbocycles. The number of nitrogens with zero attached hydrogens (tertiary/aromatic N) is 3. The molecule has 1 fully saturated rings. The maximum absolute atomic E-state index is 12.8. The molecule has 0 spiro atoms. The first-order valence-electron chi connectivity index (χ1n) is 8.18. The minimum absolute atomic E-state index is 0.00422. The van der Waals surface area contributed by atoms with Crippen LogP contribution in [0.2, 0.25) is 0 Å². The predicted molar refractivity (Wildman–Crippen MR) is 89.6 cm³/mol. The van der Waals surface area contributed by atoms with Gasteiger partial charge in [0.2, 0.25) is 6.10 Å². The number of para-hydroxylation sites is 2. The van der Waals surface area contributed by atoms with Gasteiger partial charge in [-0.25, -0.2) is 0 Å². The number of hydrogen-bond acceptors (Lipinski definition) is 6. The maximum Gasteiger partial charge on any atom is 0.267 e. The molecule has 1 saturated heterocycles. The molecule has 2 aliphatic heterocycles. The monoisotopic (exact) mass is 345 g/mol. The molecule has 0 aliphatic carbocycles. The zero-order valence-electron chi connectivity index (χ0n) is 13.5. The van der Waals surface area contributed by atoms with Crippen LogP contribution in [0.25, 0.3) is 0 Å². The third-order valence-corrected chi connectivity index (χ3v) is 5.41. The molecule has 1 aromatic heterocycles. The van der Waals surface area contributed by atoms with Gasteiger partial charge in [-0.05, 0) is 31.9 Å². The Hall–Kier alpha value is -2.15. The number of hydrogen-bond donors (Lipinski definition) is 0. The smallest absolute Gasteiger partial charge is 0.267 e. The van der Waals surface area contributed by atoms with E-state index in [1.54, 1.807) is 11.3 Å². The number of aromatic nitrogens is 2. The number of piperidine rings is 1. The van der Waals surface area contributed by atoms with Crippen LogP contribution in [0.4, 0.5) is 0 Å². The van der Waals surface area contributed by atoms with E-state index in [9.17, 15) is 4.79 Å². The molecule has 7 heteroatoms. The number of aryl methyl sites for hydroxylation is 1. The Balaban J connectivity index is 1.45. The van der Waals surface area contributed by atoms with Crippen LogP contribution >= 0.6 is 11.3 Å². The van der Waals surface area contributed by atoms with Crippen molar-refractivity contribution in [1.82, 2.24) is 15.1 Å². The number of benzene rings is 1. The highest BCUT2D eigenvalue weighted by Crippen LogP contribution is 2.33. The SMILES string of the molecule is Cc1nnc(C2CCCN(C(=O)C3COc4ccccc4O3)C2)s1. The number of ether oxygens (including phenoxy) is 2. The van der Waals surface area contributed by atoms with E-state index in [1.165, 1.54) is 0 Å². The lowest BCUT2D eigenvalue weighted by Gasteiger charge is -2.35. The first-order chi connectivity index (χ1) is 11.7. The minimum atomic E-state index is -0.574. The number of rotatable bonds is 2. The second kappa shape index (κ2) is 6.39. The van der Waals surface area contributed by atoms with E-state index < -0.39 is 6.10 Å². The molecule has 0 bridgehead atoms. The summed E-state index contributed by atoms with van der Waals surface area (Å²) in [5.41, 5.74) is 0. The highest BCUT2D eigenvalue weighted by atomic mass is 32.1. The molecule has 1 aromatic carbocycles. The van der Waals surface area contributed by atoms with Gasteiger partial charge in [0.1, 0.15) is 16.6 Å². The summed E-state index contributed by atoms with van der Waals surface area (Å²) in [5.74, 6) is 1.60. The number of likely N-dealkylation sites (tertiary alicyclic amines) is 1. The Bertz CT molecular complexity index is 748. The molecular weight excluding hydrogens is 326 g/mol. The van der Waals surface area contributed by atoms with Crippen molar-refractivity contribution in [3.8, 4) is 11.5 Å². The average molecular weight is 345 g/mol. The Morgan fingerprint density at radius 3 is 2.92 bits per heavy atom. The Morgan fingerprint density at radius 1 is 1.29 bits per heavy atom. The van der Waals surface area contributed by atoms with Crippen molar-refractivity contribution in [3.63, 3.8) is 0 Å². The Kier molecular flexibility index (Phi) is 4.10. The predicted octanol–water partition coefficient (Wildman–Crippen LogP) is 2.39. The van der Waals surface area contributed by atoms with Gasteiger partial charge in [-0.2, -0.15) is 0 Å². The second-order valence-corrected chi connectivity index (χ2v) is 7.36. The molecule has 126 valence electrons. The van der Waals surface area contributed by atoms with E-state index >= 15 is 0 Å². The normalized spacial score (nSPS) is 23.1. The minimum Gasteiger partial charge on any atom is -0.485 e. The van der Waals surface area contributed by atoms with E-state index in [-0.39, 0.29) is 18.4 Å². The van der Waals surface area contributed by atoms with Gasteiger partial charge in [0.05, 0.1) is 0 Å². The van der Waals surface area contributed by atoms with Gasteiger partial charge in [-0.3, -0.25) is 4.79 Å². The summed E-state index contributed by atoms with van der Waals surface area (Å²) in [6.07, 6.45) is 1.44. The van der Waals surface area contributed by atoms with Crippen LogP contribution in [-0.2, 0) is 4.79 Å². The molecule has 0 N–H and O–H groups in total. The molecule has 2 aromatic rings. The summed E-state index contributed by atoms with van der Waals surface area (Å²) < 4.78 is 11.5. The van der Waals surface area contributed by atoms with Crippen LogP contribution in [0.1, 0.15) is 28.8 Å². The van der Waals surface area contributed by atoms with E-state index in [0.29, 0.717) is 18.0 Å². The molecule has 4 rings (SSSR count). The van der Waals surface area contributed by atoms with Crippen LogP contribution in [0.15, 0.2) is 24.3 Å². The molecule has 3 heterocycles. The standard InChI is InChI=1S/C17H19N3O3S/c1-11-18-19-16(24-11)12-5-4-8-20(9-12)17(21)15-10-22-13-6-2-3-7-14(13)23-15/h2-3,6-7,12,15H,4-5,8-10H2,1H3. The van der Waals surface area contributed by atoms with Gasteiger partial charge in [0.25, 0.3) is 5.91 Å². The molecule has 2 aliphatic rings. The molecule has 24 heavy (non-hydrogen) atoms. The van der Waals surface area contributed by atoms with E-state index in [1.807, 2.05) is 36.1 Å². The number of amides is 1. The maximum atomic E-state index is 12.8. The largest absolute Gasteiger partial charge is 0.485 e. The molecular formula is C17H19N3O3S. The molecule has 6 nitrogen and oxygen atoms in total. The highest BCUT2D eigenvalue weighted by Gasteiger charge is 2.34. The van der Waals surface area contributed by atoms with Gasteiger partial charge < -0.3 is 14.4 Å². The average Bonchev–Trinajstić information content (AvgIpc) is 3.07. The van der Waals surface area contributed by atoms with Crippen molar-refractivity contribution < 1.29 is 14.3 Å². The van der Waals surface area contributed by atoms with Crippen molar-refractivity contribution in [3.05, 3.63) is 34.3 Å². The number of fused-ring (bicyclic) bond motifs is 1. The molecule has 1 amide bonds.